The Morgan fingerprint density at radius 1 is 1.05 bits per heavy atom. The Labute approximate surface area is 124 Å². The maximum absolute atomic E-state index is 12.5. The van der Waals surface area contributed by atoms with Crippen molar-refractivity contribution in [3.8, 4) is 5.75 Å². The van der Waals surface area contributed by atoms with Gasteiger partial charge in [0, 0.05) is 6.42 Å². The number of hydrogen-bond acceptors (Lipinski definition) is 1. The molecule has 1 aromatic carbocycles. The smallest absolute Gasteiger partial charge is 0.416 e. The Bertz CT molecular complexity index is 432. The normalized spacial score (nSPS) is 12.5. The highest BCUT2D eigenvalue weighted by molar-refractivity contribution is 5.30. The minimum absolute atomic E-state index is 0.460. The molecule has 1 rings (SSSR count). The Morgan fingerprint density at radius 2 is 1.67 bits per heavy atom. The van der Waals surface area contributed by atoms with Crippen LogP contribution in [0.15, 0.2) is 36.1 Å². The monoisotopic (exact) mass is 300 g/mol. The van der Waals surface area contributed by atoms with Crippen LogP contribution in [-0.2, 0) is 6.18 Å². The summed E-state index contributed by atoms with van der Waals surface area (Å²) >= 11 is 0. The van der Waals surface area contributed by atoms with Gasteiger partial charge in [-0.3, -0.25) is 0 Å². The van der Waals surface area contributed by atoms with Crippen LogP contribution in [0.4, 0.5) is 13.2 Å². The van der Waals surface area contributed by atoms with Gasteiger partial charge in [-0.15, -0.1) is 0 Å². The van der Waals surface area contributed by atoms with Gasteiger partial charge in [0.05, 0.1) is 5.56 Å². The summed E-state index contributed by atoms with van der Waals surface area (Å²) in [7, 11) is 0. The lowest BCUT2D eigenvalue weighted by molar-refractivity contribution is -0.137. The first kappa shape index (κ1) is 17.6. The van der Waals surface area contributed by atoms with E-state index in [9.17, 15) is 13.2 Å². The van der Waals surface area contributed by atoms with Gasteiger partial charge >= 0.3 is 6.18 Å². The maximum Gasteiger partial charge on any atom is 0.416 e. The maximum atomic E-state index is 12.5. The predicted octanol–water partition coefficient (Wildman–Crippen LogP) is 6.35. The molecule has 0 aliphatic carbocycles. The zero-order valence-electron chi connectivity index (χ0n) is 12.7. The number of hydrogen-bond donors (Lipinski definition) is 0. The average Bonchev–Trinajstić information content (AvgIpc) is 2.44. The number of alkyl halides is 3. The van der Waals surface area contributed by atoms with Gasteiger partial charge in [-0.1, -0.05) is 26.7 Å². The van der Waals surface area contributed by atoms with Gasteiger partial charge in [0.25, 0.3) is 0 Å². The van der Waals surface area contributed by atoms with Crippen LogP contribution in [0.1, 0.15) is 57.9 Å². The molecule has 0 bridgehead atoms. The van der Waals surface area contributed by atoms with Crippen molar-refractivity contribution in [2.45, 2.75) is 58.5 Å². The molecular weight excluding hydrogens is 277 g/mol. The van der Waals surface area contributed by atoms with E-state index in [0.717, 1.165) is 56.4 Å². The molecule has 4 heteroatoms. The van der Waals surface area contributed by atoms with Gasteiger partial charge < -0.3 is 4.74 Å². The zero-order chi connectivity index (χ0) is 15.7. The second-order valence-electron chi connectivity index (χ2n) is 5.04. The minimum atomic E-state index is -4.31. The van der Waals surface area contributed by atoms with E-state index >= 15 is 0 Å². The first-order chi connectivity index (χ1) is 9.97. The topological polar surface area (TPSA) is 9.23 Å². The van der Waals surface area contributed by atoms with E-state index in [1.807, 2.05) is 0 Å². The number of allylic oxidation sites excluding steroid dienone is 2. The van der Waals surface area contributed by atoms with Gasteiger partial charge in [0.15, 0.2) is 0 Å². The van der Waals surface area contributed by atoms with Crippen LogP contribution in [-0.4, -0.2) is 0 Å². The first-order valence-electron chi connectivity index (χ1n) is 7.51. The molecule has 0 radical (unpaired) electrons. The molecule has 0 saturated heterocycles. The van der Waals surface area contributed by atoms with Gasteiger partial charge in [-0.25, -0.2) is 0 Å². The van der Waals surface area contributed by atoms with E-state index in [-0.39, 0.29) is 0 Å². The standard InChI is InChI=1S/C17H23F3O/c1-3-5-7-9-15(8-6-4-2)21-16-12-10-14(11-13-16)17(18,19)20/h9-13H,3-8H2,1-2H3/b15-9-. The SMILES string of the molecule is CCCC/C=C(/CCCC)Oc1ccc(C(F)(F)F)cc1. The third-order valence-corrected chi connectivity index (χ3v) is 3.14. The van der Waals surface area contributed by atoms with E-state index in [1.54, 1.807) is 0 Å². The Morgan fingerprint density at radius 3 is 2.19 bits per heavy atom. The third kappa shape index (κ3) is 6.69. The summed E-state index contributed by atoms with van der Waals surface area (Å²) in [5, 5.41) is 0. The van der Waals surface area contributed by atoms with Crippen molar-refractivity contribution in [3.63, 3.8) is 0 Å². The van der Waals surface area contributed by atoms with Crippen LogP contribution in [0, 0.1) is 0 Å². The molecule has 0 spiro atoms. The fourth-order valence-electron chi connectivity index (χ4n) is 1.88. The van der Waals surface area contributed by atoms with Gasteiger partial charge in [0.2, 0.25) is 0 Å². The van der Waals surface area contributed by atoms with Crippen LogP contribution in [0.2, 0.25) is 0 Å². The molecule has 0 amide bonds. The lowest BCUT2D eigenvalue weighted by Crippen LogP contribution is -2.04. The van der Waals surface area contributed by atoms with E-state index in [2.05, 4.69) is 19.9 Å². The van der Waals surface area contributed by atoms with E-state index < -0.39 is 11.7 Å². The van der Waals surface area contributed by atoms with E-state index in [4.69, 9.17) is 4.74 Å². The summed E-state index contributed by atoms with van der Waals surface area (Å²) in [6, 6.07) is 4.86. The number of unbranched alkanes of at least 4 members (excludes halogenated alkanes) is 3. The summed E-state index contributed by atoms with van der Waals surface area (Å²) in [5.41, 5.74) is -0.653. The molecule has 1 nitrogen and oxygen atoms in total. The second kappa shape index (κ2) is 8.75. The number of ether oxygens (including phenoxy) is 1. The molecule has 0 saturated carbocycles. The summed E-state index contributed by atoms with van der Waals surface area (Å²) in [5.74, 6) is 1.31. The van der Waals surface area contributed by atoms with Gasteiger partial charge in [-0.2, -0.15) is 13.2 Å². The fraction of sp³-hybridized carbons (Fsp3) is 0.529. The molecule has 118 valence electrons. The molecular formula is C17H23F3O. The van der Waals surface area contributed by atoms with E-state index in [1.165, 1.54) is 12.1 Å². The highest BCUT2D eigenvalue weighted by Crippen LogP contribution is 2.30. The quantitative estimate of drug-likeness (QED) is 0.401. The summed E-state index contributed by atoms with van der Waals surface area (Å²) in [6.45, 7) is 4.22. The lowest BCUT2D eigenvalue weighted by Gasteiger charge is -2.12. The van der Waals surface area contributed by atoms with Crippen molar-refractivity contribution < 1.29 is 17.9 Å². The number of benzene rings is 1. The molecule has 21 heavy (non-hydrogen) atoms. The largest absolute Gasteiger partial charge is 0.462 e. The van der Waals surface area contributed by atoms with Crippen molar-refractivity contribution in [1.29, 1.82) is 0 Å². The minimum Gasteiger partial charge on any atom is -0.462 e. The highest BCUT2D eigenvalue weighted by Gasteiger charge is 2.30. The molecule has 0 aromatic heterocycles. The van der Waals surface area contributed by atoms with Crippen LogP contribution < -0.4 is 4.74 Å². The molecule has 0 unspecified atom stereocenters. The van der Waals surface area contributed by atoms with Crippen molar-refractivity contribution in [1.82, 2.24) is 0 Å². The van der Waals surface area contributed by atoms with Crippen LogP contribution in [0.3, 0.4) is 0 Å². The second-order valence-corrected chi connectivity index (χ2v) is 5.04. The molecule has 0 N–H and O–H groups in total. The van der Waals surface area contributed by atoms with Crippen LogP contribution in [0.5, 0.6) is 5.75 Å². The average molecular weight is 300 g/mol. The van der Waals surface area contributed by atoms with Crippen molar-refractivity contribution >= 4 is 0 Å². The molecule has 0 fully saturated rings. The number of halogens is 3. The molecule has 1 aromatic rings. The summed E-state index contributed by atoms with van der Waals surface area (Å²) in [6.07, 6.45) is 3.78. The Hall–Kier alpha value is -1.45. The molecule has 0 aliphatic rings. The van der Waals surface area contributed by atoms with Crippen LogP contribution in [0.25, 0.3) is 0 Å². The van der Waals surface area contributed by atoms with Gasteiger partial charge in [0.1, 0.15) is 11.5 Å². The molecule has 0 heterocycles. The van der Waals surface area contributed by atoms with Crippen molar-refractivity contribution in [2.75, 3.05) is 0 Å². The Balaban J connectivity index is 2.71. The Kier molecular flexibility index (Phi) is 7.34. The zero-order valence-corrected chi connectivity index (χ0v) is 12.7. The van der Waals surface area contributed by atoms with E-state index in [0.29, 0.717) is 5.75 Å². The summed E-state index contributed by atoms with van der Waals surface area (Å²) < 4.78 is 43.2. The summed E-state index contributed by atoms with van der Waals surface area (Å²) in [4.78, 5) is 0. The van der Waals surface area contributed by atoms with Crippen LogP contribution >= 0.6 is 0 Å². The third-order valence-electron chi connectivity index (χ3n) is 3.14. The molecule has 0 atom stereocenters. The highest BCUT2D eigenvalue weighted by atomic mass is 19.4. The van der Waals surface area contributed by atoms with Crippen molar-refractivity contribution in [2.24, 2.45) is 0 Å². The fourth-order valence-corrected chi connectivity index (χ4v) is 1.88. The first-order valence-corrected chi connectivity index (χ1v) is 7.51. The lowest BCUT2D eigenvalue weighted by atomic mass is 10.1. The van der Waals surface area contributed by atoms with Crippen molar-refractivity contribution in [3.05, 3.63) is 41.7 Å². The predicted molar refractivity (Wildman–Crippen MR) is 79.2 cm³/mol. The van der Waals surface area contributed by atoms with Gasteiger partial charge in [-0.05, 0) is 49.6 Å². The molecule has 0 aliphatic heterocycles. The number of rotatable bonds is 8.